The lowest BCUT2D eigenvalue weighted by atomic mass is 10.2. The van der Waals surface area contributed by atoms with Crippen LogP contribution in [0.15, 0.2) is 29.2 Å². The van der Waals surface area contributed by atoms with Crippen LogP contribution in [0.1, 0.15) is 12.5 Å². The molecule has 0 saturated heterocycles. The van der Waals surface area contributed by atoms with Crippen molar-refractivity contribution in [3.8, 4) is 6.07 Å². The van der Waals surface area contributed by atoms with Gasteiger partial charge in [-0.15, -0.1) is 0 Å². The van der Waals surface area contributed by atoms with E-state index in [1.54, 1.807) is 31.2 Å². The molecule has 3 nitrogen and oxygen atoms in total. The van der Waals surface area contributed by atoms with Crippen LogP contribution in [0.5, 0.6) is 0 Å². The van der Waals surface area contributed by atoms with Crippen LogP contribution in [0.2, 0.25) is 0 Å². The van der Waals surface area contributed by atoms with E-state index in [-0.39, 0.29) is 0 Å². The van der Waals surface area contributed by atoms with Gasteiger partial charge in [0.1, 0.15) is 0 Å². The summed E-state index contributed by atoms with van der Waals surface area (Å²) in [4.78, 5) is 0.584. The van der Waals surface area contributed by atoms with Crippen LogP contribution in [-0.4, -0.2) is 10.8 Å². The van der Waals surface area contributed by atoms with E-state index < -0.39 is 11.1 Å². The van der Waals surface area contributed by atoms with Crippen LogP contribution in [0.4, 0.5) is 0 Å². The van der Waals surface area contributed by atoms with Crippen molar-refractivity contribution < 1.29 is 8.39 Å². The average Bonchev–Trinajstić information content (AvgIpc) is 2.18. The SMILES string of the molecule is CCO[S@@](=O)c1ccc(C#N)cc1. The molecule has 0 heterocycles. The Morgan fingerprint density at radius 1 is 1.46 bits per heavy atom. The number of benzene rings is 1. The molecule has 68 valence electrons. The van der Waals surface area contributed by atoms with Crippen molar-refractivity contribution in [2.24, 2.45) is 0 Å². The lowest BCUT2D eigenvalue weighted by molar-refractivity contribution is 0.371. The molecule has 0 aliphatic carbocycles. The maximum Gasteiger partial charge on any atom is 0.189 e. The van der Waals surface area contributed by atoms with Crippen molar-refractivity contribution in [3.63, 3.8) is 0 Å². The van der Waals surface area contributed by atoms with Gasteiger partial charge >= 0.3 is 0 Å². The second-order valence-corrected chi connectivity index (χ2v) is 3.45. The van der Waals surface area contributed by atoms with Gasteiger partial charge in [0.2, 0.25) is 0 Å². The van der Waals surface area contributed by atoms with Crippen LogP contribution in [-0.2, 0) is 15.3 Å². The molecule has 13 heavy (non-hydrogen) atoms. The molecule has 0 bridgehead atoms. The lowest BCUT2D eigenvalue weighted by Crippen LogP contribution is -1.96. The van der Waals surface area contributed by atoms with Gasteiger partial charge in [0.05, 0.1) is 23.1 Å². The molecule has 0 fully saturated rings. The first-order valence-electron chi connectivity index (χ1n) is 3.83. The molecule has 4 heteroatoms. The maximum absolute atomic E-state index is 11.3. The lowest BCUT2D eigenvalue weighted by Gasteiger charge is -1.99. The first-order chi connectivity index (χ1) is 6.27. The zero-order valence-corrected chi connectivity index (χ0v) is 8.00. The molecule has 0 aromatic heterocycles. The van der Waals surface area contributed by atoms with Crippen molar-refractivity contribution >= 4 is 11.1 Å². The minimum absolute atomic E-state index is 0.409. The average molecular weight is 195 g/mol. The van der Waals surface area contributed by atoms with Crippen molar-refractivity contribution in [1.82, 2.24) is 0 Å². The minimum atomic E-state index is -1.40. The zero-order valence-electron chi connectivity index (χ0n) is 7.19. The van der Waals surface area contributed by atoms with Crippen LogP contribution in [0.25, 0.3) is 0 Å². The van der Waals surface area contributed by atoms with E-state index in [4.69, 9.17) is 9.44 Å². The predicted molar refractivity (Wildman–Crippen MR) is 49.2 cm³/mol. The second-order valence-electron chi connectivity index (χ2n) is 2.28. The summed E-state index contributed by atoms with van der Waals surface area (Å²) < 4.78 is 16.1. The monoisotopic (exact) mass is 195 g/mol. The summed E-state index contributed by atoms with van der Waals surface area (Å²) in [5, 5.41) is 8.51. The summed E-state index contributed by atoms with van der Waals surface area (Å²) in [5.41, 5.74) is 0.553. The van der Waals surface area contributed by atoms with Gasteiger partial charge in [-0.3, -0.25) is 4.18 Å². The highest BCUT2D eigenvalue weighted by Crippen LogP contribution is 2.08. The highest BCUT2D eigenvalue weighted by atomic mass is 32.2. The summed E-state index contributed by atoms with van der Waals surface area (Å²) in [6.45, 7) is 2.19. The van der Waals surface area contributed by atoms with Gasteiger partial charge < -0.3 is 0 Å². The molecule has 1 rings (SSSR count). The van der Waals surface area contributed by atoms with Gasteiger partial charge in [-0.1, -0.05) is 0 Å². The van der Waals surface area contributed by atoms with E-state index in [1.165, 1.54) is 0 Å². The van der Waals surface area contributed by atoms with Gasteiger partial charge in [-0.2, -0.15) is 5.26 Å². The van der Waals surface area contributed by atoms with Gasteiger partial charge in [-0.05, 0) is 31.2 Å². The Morgan fingerprint density at radius 2 is 2.08 bits per heavy atom. The van der Waals surface area contributed by atoms with E-state index in [9.17, 15) is 4.21 Å². The molecular weight excluding hydrogens is 186 g/mol. The summed E-state index contributed by atoms with van der Waals surface area (Å²) in [6, 6.07) is 8.48. The van der Waals surface area contributed by atoms with Gasteiger partial charge in [0, 0.05) is 0 Å². The summed E-state index contributed by atoms with van der Waals surface area (Å²) in [5.74, 6) is 0. The largest absolute Gasteiger partial charge is 0.287 e. The van der Waals surface area contributed by atoms with Crippen molar-refractivity contribution in [2.45, 2.75) is 11.8 Å². The Balaban J connectivity index is 2.81. The molecule has 0 saturated carbocycles. The molecule has 0 spiro atoms. The second kappa shape index (κ2) is 4.75. The van der Waals surface area contributed by atoms with Crippen molar-refractivity contribution in [2.75, 3.05) is 6.61 Å². The number of nitriles is 1. The number of hydrogen-bond donors (Lipinski definition) is 0. The first kappa shape index (κ1) is 9.90. The molecule has 0 N–H and O–H groups in total. The fourth-order valence-corrected chi connectivity index (χ4v) is 1.52. The Bertz CT molecular complexity index is 340. The van der Waals surface area contributed by atoms with Gasteiger partial charge in [-0.25, -0.2) is 4.21 Å². The minimum Gasteiger partial charge on any atom is -0.287 e. The quantitative estimate of drug-likeness (QED) is 0.736. The zero-order chi connectivity index (χ0) is 9.68. The Labute approximate surface area is 79.6 Å². The van der Waals surface area contributed by atoms with Crippen molar-refractivity contribution in [1.29, 1.82) is 5.26 Å². The van der Waals surface area contributed by atoms with E-state index in [1.807, 2.05) is 6.07 Å². The van der Waals surface area contributed by atoms with Crippen LogP contribution in [0, 0.1) is 11.3 Å². The molecule has 1 aromatic rings. The molecule has 0 aliphatic heterocycles. The smallest absolute Gasteiger partial charge is 0.189 e. The predicted octanol–water partition coefficient (Wildman–Crippen LogP) is 1.62. The molecule has 1 atom stereocenters. The normalized spacial score (nSPS) is 12.0. The molecule has 0 radical (unpaired) electrons. The van der Waals surface area contributed by atoms with Crippen LogP contribution >= 0.6 is 0 Å². The van der Waals surface area contributed by atoms with E-state index in [0.717, 1.165) is 0 Å². The summed E-state index contributed by atoms with van der Waals surface area (Å²) in [6.07, 6.45) is 0. The molecule has 1 aromatic carbocycles. The van der Waals surface area contributed by atoms with Crippen molar-refractivity contribution in [3.05, 3.63) is 29.8 Å². The Kier molecular flexibility index (Phi) is 3.62. The molecule has 0 aliphatic rings. The van der Waals surface area contributed by atoms with Crippen LogP contribution in [0.3, 0.4) is 0 Å². The third-order valence-electron chi connectivity index (χ3n) is 1.40. The summed E-state index contributed by atoms with van der Waals surface area (Å²) >= 11 is -1.40. The standard InChI is InChI=1S/C9H9NO2S/c1-2-12-13(11)9-5-3-8(7-10)4-6-9/h3-6H,2H2,1H3/t13-/m1/s1. The van der Waals surface area contributed by atoms with Gasteiger partial charge in [0.25, 0.3) is 0 Å². The highest BCUT2D eigenvalue weighted by molar-refractivity contribution is 7.80. The molecular formula is C9H9NO2S. The van der Waals surface area contributed by atoms with Crippen LogP contribution < -0.4 is 0 Å². The number of hydrogen-bond acceptors (Lipinski definition) is 3. The first-order valence-corrected chi connectivity index (χ1v) is 4.90. The fraction of sp³-hybridized carbons (Fsp3) is 0.222. The molecule has 0 unspecified atom stereocenters. The van der Waals surface area contributed by atoms with Gasteiger partial charge in [0.15, 0.2) is 11.1 Å². The highest BCUT2D eigenvalue weighted by Gasteiger charge is 2.02. The van der Waals surface area contributed by atoms with E-state index in [2.05, 4.69) is 0 Å². The molecule has 0 amide bonds. The van der Waals surface area contributed by atoms with E-state index in [0.29, 0.717) is 17.1 Å². The Morgan fingerprint density at radius 3 is 2.54 bits per heavy atom. The third-order valence-corrected chi connectivity index (χ3v) is 2.51. The third kappa shape index (κ3) is 2.65. The topological polar surface area (TPSA) is 50.1 Å². The fourth-order valence-electron chi connectivity index (χ4n) is 0.816. The van der Waals surface area contributed by atoms with E-state index >= 15 is 0 Å². The maximum atomic E-state index is 11.3. The number of rotatable bonds is 3. The summed E-state index contributed by atoms with van der Waals surface area (Å²) in [7, 11) is 0. The Hall–Kier alpha value is -1.18. The number of nitrogens with zero attached hydrogens (tertiary/aromatic N) is 1.